The third-order valence-electron chi connectivity index (χ3n) is 5.13. The number of carbonyl (C=O) groups excluding carboxylic acids is 1. The van der Waals surface area contributed by atoms with Gasteiger partial charge in [0, 0.05) is 46.6 Å². The highest BCUT2D eigenvalue weighted by Crippen LogP contribution is 2.34. The summed E-state index contributed by atoms with van der Waals surface area (Å²) in [5, 5.41) is 2.15. The van der Waals surface area contributed by atoms with Gasteiger partial charge >= 0.3 is 0 Å². The number of fused-ring (bicyclic) bond motifs is 2. The smallest absolute Gasteiger partial charge is 0.241 e. The number of aromatic nitrogens is 3. The van der Waals surface area contributed by atoms with Gasteiger partial charge in [-0.2, -0.15) is 0 Å². The van der Waals surface area contributed by atoms with Crippen molar-refractivity contribution < 1.29 is 4.79 Å². The number of aromatic amines is 1. The lowest BCUT2D eigenvalue weighted by Crippen LogP contribution is -2.05. The Morgan fingerprint density at radius 3 is 2.70 bits per heavy atom. The molecule has 5 rings (SSSR count). The largest absolute Gasteiger partial charge is 0.366 e. The first-order valence-electron chi connectivity index (χ1n) is 9.58. The van der Waals surface area contributed by atoms with Crippen LogP contribution in [0.5, 0.6) is 0 Å². The van der Waals surface area contributed by atoms with Crippen molar-refractivity contribution in [2.24, 2.45) is 5.73 Å². The van der Waals surface area contributed by atoms with Crippen LogP contribution in [0.25, 0.3) is 50.3 Å². The molecule has 0 fully saturated rings. The summed E-state index contributed by atoms with van der Waals surface area (Å²) in [6.07, 6.45) is 8.72. The van der Waals surface area contributed by atoms with Crippen molar-refractivity contribution in [3.63, 3.8) is 0 Å². The lowest BCUT2D eigenvalue weighted by atomic mass is 9.98. The van der Waals surface area contributed by atoms with E-state index >= 15 is 0 Å². The van der Waals surface area contributed by atoms with Gasteiger partial charge in [0.2, 0.25) is 5.91 Å². The van der Waals surface area contributed by atoms with Crippen molar-refractivity contribution in [2.75, 3.05) is 0 Å². The number of hydrogen-bond acceptors (Lipinski definition) is 3. The van der Waals surface area contributed by atoms with Crippen LogP contribution in [0.1, 0.15) is 5.56 Å². The zero-order valence-electron chi connectivity index (χ0n) is 16.0. The molecule has 0 aliphatic heterocycles. The van der Waals surface area contributed by atoms with Crippen LogP contribution in [0.3, 0.4) is 0 Å². The topological polar surface area (TPSA) is 84.7 Å². The molecular formula is C25H18N4O. The zero-order valence-corrected chi connectivity index (χ0v) is 16.0. The number of carbonyl (C=O) groups is 1. The maximum Gasteiger partial charge on any atom is 0.241 e. The number of primary amides is 1. The third-order valence-corrected chi connectivity index (χ3v) is 5.13. The zero-order chi connectivity index (χ0) is 20.5. The Bertz CT molecular complexity index is 1430. The molecule has 5 heteroatoms. The molecule has 0 bridgehead atoms. The first-order chi connectivity index (χ1) is 14.7. The third kappa shape index (κ3) is 3.22. The summed E-state index contributed by atoms with van der Waals surface area (Å²) in [5.74, 6) is -0.468. The maximum absolute atomic E-state index is 11.0. The van der Waals surface area contributed by atoms with Gasteiger partial charge in [0.15, 0.2) is 0 Å². The molecule has 0 atom stereocenters. The Labute approximate surface area is 172 Å². The number of nitrogens with zero attached hydrogens (tertiary/aromatic N) is 2. The lowest BCUT2D eigenvalue weighted by molar-refractivity contribution is -0.113. The van der Waals surface area contributed by atoms with Crippen LogP contribution in [0.2, 0.25) is 0 Å². The van der Waals surface area contributed by atoms with Crippen molar-refractivity contribution in [2.45, 2.75) is 0 Å². The van der Waals surface area contributed by atoms with Gasteiger partial charge in [-0.15, -0.1) is 0 Å². The quantitative estimate of drug-likeness (QED) is 0.426. The van der Waals surface area contributed by atoms with Crippen LogP contribution in [0.4, 0.5) is 0 Å². The number of pyridine rings is 2. The highest BCUT2D eigenvalue weighted by Gasteiger charge is 2.12. The number of H-pyrrole nitrogens is 1. The van der Waals surface area contributed by atoms with Crippen molar-refractivity contribution in [3.05, 3.63) is 90.9 Å². The molecule has 0 unspecified atom stereocenters. The van der Waals surface area contributed by atoms with Gasteiger partial charge < -0.3 is 10.7 Å². The molecule has 0 saturated carbocycles. The number of benzene rings is 2. The molecule has 2 aromatic carbocycles. The summed E-state index contributed by atoms with van der Waals surface area (Å²) >= 11 is 0. The van der Waals surface area contributed by atoms with Crippen molar-refractivity contribution in [3.8, 4) is 22.3 Å². The Kier molecular flexibility index (Phi) is 4.33. The summed E-state index contributed by atoms with van der Waals surface area (Å²) in [6.45, 7) is 0. The van der Waals surface area contributed by atoms with E-state index < -0.39 is 5.91 Å². The first kappa shape index (κ1) is 17.8. The summed E-state index contributed by atoms with van der Waals surface area (Å²) < 4.78 is 0. The fourth-order valence-electron chi connectivity index (χ4n) is 3.72. The highest BCUT2D eigenvalue weighted by atomic mass is 16.1. The van der Waals surface area contributed by atoms with E-state index in [0.29, 0.717) is 0 Å². The number of nitrogens with two attached hydrogens (primary N) is 1. The number of rotatable bonds is 4. The molecule has 30 heavy (non-hydrogen) atoms. The monoisotopic (exact) mass is 390 g/mol. The second-order valence-corrected chi connectivity index (χ2v) is 7.06. The van der Waals surface area contributed by atoms with Crippen LogP contribution < -0.4 is 5.73 Å². The van der Waals surface area contributed by atoms with E-state index in [-0.39, 0.29) is 0 Å². The van der Waals surface area contributed by atoms with E-state index in [2.05, 4.69) is 33.2 Å². The van der Waals surface area contributed by atoms with Gasteiger partial charge in [-0.1, -0.05) is 36.4 Å². The minimum atomic E-state index is -0.468. The normalized spacial score (nSPS) is 11.5. The van der Waals surface area contributed by atoms with Gasteiger partial charge in [0.25, 0.3) is 0 Å². The molecule has 3 aromatic heterocycles. The summed E-state index contributed by atoms with van der Waals surface area (Å²) in [4.78, 5) is 23.4. The molecule has 0 saturated heterocycles. The molecule has 0 aliphatic carbocycles. The lowest BCUT2D eigenvalue weighted by Gasteiger charge is -2.07. The van der Waals surface area contributed by atoms with Crippen LogP contribution in [0.15, 0.2) is 85.3 Å². The maximum atomic E-state index is 11.0. The van der Waals surface area contributed by atoms with Crippen LogP contribution in [0, 0.1) is 0 Å². The van der Waals surface area contributed by atoms with E-state index in [0.717, 1.165) is 49.8 Å². The SMILES string of the molecule is NC(=O)C=Cc1cccc(-c2cnc3[nH]cc(-c4cccc5ncccc45)c3c2)c1. The summed E-state index contributed by atoms with van der Waals surface area (Å²) in [5.41, 5.74) is 12.1. The van der Waals surface area contributed by atoms with Gasteiger partial charge in [0.05, 0.1) is 5.52 Å². The fourth-order valence-corrected chi connectivity index (χ4v) is 3.72. The molecule has 0 spiro atoms. The minimum Gasteiger partial charge on any atom is -0.366 e. The van der Waals surface area contributed by atoms with Crippen LogP contribution in [-0.4, -0.2) is 20.9 Å². The average Bonchev–Trinajstić information content (AvgIpc) is 3.20. The minimum absolute atomic E-state index is 0.468. The predicted molar refractivity (Wildman–Crippen MR) is 120 cm³/mol. The second kappa shape index (κ2) is 7.29. The number of amides is 1. The van der Waals surface area contributed by atoms with Gasteiger partial charge in [-0.25, -0.2) is 4.98 Å². The molecule has 1 amide bonds. The molecule has 5 aromatic rings. The van der Waals surface area contributed by atoms with Crippen LogP contribution in [-0.2, 0) is 4.79 Å². The fraction of sp³-hybridized carbons (Fsp3) is 0. The molecule has 3 heterocycles. The van der Waals surface area contributed by atoms with E-state index in [1.54, 1.807) is 12.3 Å². The molecule has 0 radical (unpaired) electrons. The van der Waals surface area contributed by atoms with Crippen molar-refractivity contribution in [1.82, 2.24) is 15.0 Å². The molecule has 3 N–H and O–H groups in total. The van der Waals surface area contributed by atoms with E-state index in [4.69, 9.17) is 5.73 Å². The van der Waals surface area contributed by atoms with E-state index in [1.807, 2.05) is 54.9 Å². The molecule has 144 valence electrons. The highest BCUT2D eigenvalue weighted by molar-refractivity contribution is 6.04. The average molecular weight is 390 g/mol. The number of nitrogens with one attached hydrogen (secondary N) is 1. The van der Waals surface area contributed by atoms with Crippen molar-refractivity contribution >= 4 is 33.9 Å². The molecule has 5 nitrogen and oxygen atoms in total. The predicted octanol–water partition coefficient (Wildman–Crippen LogP) is 4.94. The Balaban J connectivity index is 1.64. The summed E-state index contributed by atoms with van der Waals surface area (Å²) in [6, 6.07) is 20.2. The Hall–Kier alpha value is -4.25. The Morgan fingerprint density at radius 1 is 0.900 bits per heavy atom. The van der Waals surface area contributed by atoms with Crippen molar-refractivity contribution in [1.29, 1.82) is 0 Å². The first-order valence-corrected chi connectivity index (χ1v) is 9.58. The van der Waals surface area contributed by atoms with E-state index in [1.165, 1.54) is 6.08 Å². The molecule has 0 aliphatic rings. The van der Waals surface area contributed by atoms with E-state index in [9.17, 15) is 4.79 Å². The van der Waals surface area contributed by atoms with Gasteiger partial charge in [-0.3, -0.25) is 9.78 Å². The second-order valence-electron chi connectivity index (χ2n) is 7.06. The van der Waals surface area contributed by atoms with Gasteiger partial charge in [-0.05, 0) is 47.0 Å². The van der Waals surface area contributed by atoms with Crippen LogP contribution >= 0.6 is 0 Å². The molecular weight excluding hydrogens is 372 g/mol. The standard InChI is InChI=1S/C25H18N4O/c26-24(30)10-9-16-4-1-5-17(12-16)18-13-21-22(15-29-25(21)28-14-18)19-6-2-8-23-20(19)7-3-11-27-23/h1-15H,(H2,26,30)(H,28,29). The van der Waals surface area contributed by atoms with Gasteiger partial charge in [0.1, 0.15) is 5.65 Å². The number of hydrogen-bond donors (Lipinski definition) is 2. The summed E-state index contributed by atoms with van der Waals surface area (Å²) in [7, 11) is 0. The Morgan fingerprint density at radius 2 is 1.80 bits per heavy atom.